The van der Waals surface area contributed by atoms with E-state index in [-0.39, 0.29) is 17.9 Å². The summed E-state index contributed by atoms with van der Waals surface area (Å²) >= 11 is 0. The second-order valence-corrected chi connectivity index (χ2v) is 7.03. The quantitative estimate of drug-likeness (QED) is 0.719. The van der Waals surface area contributed by atoms with E-state index in [2.05, 4.69) is 20.4 Å². The van der Waals surface area contributed by atoms with Crippen LogP contribution in [0.15, 0.2) is 18.2 Å². The summed E-state index contributed by atoms with van der Waals surface area (Å²) < 4.78 is 5.33. The first-order chi connectivity index (χ1) is 12.9. The number of ether oxygens (including phenoxy) is 1. The van der Waals surface area contributed by atoms with Crippen LogP contribution in [0.2, 0.25) is 0 Å². The first-order valence-electron chi connectivity index (χ1n) is 9.63. The van der Waals surface area contributed by atoms with Gasteiger partial charge in [0.1, 0.15) is 5.75 Å². The van der Waals surface area contributed by atoms with Crippen molar-refractivity contribution in [2.45, 2.75) is 33.2 Å². The van der Waals surface area contributed by atoms with Crippen molar-refractivity contribution < 1.29 is 14.3 Å². The second kappa shape index (κ2) is 10.3. The number of benzene rings is 1. The Morgan fingerprint density at radius 2 is 1.93 bits per heavy atom. The van der Waals surface area contributed by atoms with E-state index in [9.17, 15) is 9.59 Å². The normalized spacial score (nSPS) is 16.6. The summed E-state index contributed by atoms with van der Waals surface area (Å²) in [5, 5.41) is 5.89. The average Bonchev–Trinajstić information content (AvgIpc) is 2.66. The summed E-state index contributed by atoms with van der Waals surface area (Å²) in [4.78, 5) is 28.8. The molecule has 2 rings (SSSR count). The van der Waals surface area contributed by atoms with E-state index >= 15 is 0 Å². The number of aryl methyl sites for hydroxylation is 1. The van der Waals surface area contributed by atoms with Crippen LogP contribution in [0.5, 0.6) is 5.75 Å². The highest BCUT2D eigenvalue weighted by molar-refractivity contribution is 5.96. The van der Waals surface area contributed by atoms with Crippen LogP contribution in [0.25, 0.3) is 0 Å². The van der Waals surface area contributed by atoms with Crippen LogP contribution < -0.4 is 15.4 Å². The summed E-state index contributed by atoms with van der Waals surface area (Å²) in [7, 11) is 1.60. The van der Waals surface area contributed by atoms with Crippen LogP contribution >= 0.6 is 0 Å². The molecule has 0 bridgehead atoms. The number of hydrogen-bond donors (Lipinski definition) is 2. The maximum absolute atomic E-state index is 12.7. The standard InChI is InChI=1S/C20H32N4O3/c1-5-8-21-19(25)14-23-9-11-24(12-10-23)16(3)20(26)22-17-13-15(2)6-7-18(17)27-4/h6-7,13,16H,5,8-12,14H2,1-4H3,(H,21,25)(H,22,26). The molecule has 1 aliphatic rings. The fourth-order valence-corrected chi connectivity index (χ4v) is 3.15. The fourth-order valence-electron chi connectivity index (χ4n) is 3.15. The lowest BCUT2D eigenvalue weighted by Crippen LogP contribution is -2.54. The Bertz CT molecular complexity index is 642. The van der Waals surface area contributed by atoms with Gasteiger partial charge in [0.05, 0.1) is 25.4 Å². The minimum Gasteiger partial charge on any atom is -0.495 e. The van der Waals surface area contributed by atoms with Crippen LogP contribution in [0.1, 0.15) is 25.8 Å². The highest BCUT2D eigenvalue weighted by Crippen LogP contribution is 2.25. The molecule has 2 N–H and O–H groups in total. The van der Waals surface area contributed by atoms with Crippen molar-refractivity contribution in [3.05, 3.63) is 23.8 Å². The summed E-state index contributed by atoms with van der Waals surface area (Å²) in [6, 6.07) is 5.48. The molecule has 27 heavy (non-hydrogen) atoms. The van der Waals surface area contributed by atoms with Gasteiger partial charge in [-0.05, 0) is 38.0 Å². The molecule has 1 aromatic rings. The van der Waals surface area contributed by atoms with E-state index in [0.29, 0.717) is 18.0 Å². The first-order valence-corrected chi connectivity index (χ1v) is 9.63. The zero-order valence-electron chi connectivity index (χ0n) is 16.9. The van der Waals surface area contributed by atoms with Crippen LogP contribution in [-0.2, 0) is 9.59 Å². The molecule has 0 radical (unpaired) electrons. The number of carbonyl (C=O) groups is 2. The maximum Gasteiger partial charge on any atom is 0.241 e. The molecule has 2 amide bonds. The van der Waals surface area contributed by atoms with Gasteiger partial charge in [0.15, 0.2) is 0 Å². The van der Waals surface area contributed by atoms with Gasteiger partial charge in [0, 0.05) is 32.7 Å². The number of anilines is 1. The zero-order valence-corrected chi connectivity index (χ0v) is 16.9. The molecule has 1 unspecified atom stereocenters. The third-order valence-electron chi connectivity index (χ3n) is 4.89. The molecule has 0 aliphatic carbocycles. The number of nitrogens with one attached hydrogen (secondary N) is 2. The van der Waals surface area contributed by atoms with Crippen molar-refractivity contribution in [2.75, 3.05) is 51.7 Å². The van der Waals surface area contributed by atoms with Gasteiger partial charge in [-0.3, -0.25) is 19.4 Å². The fraction of sp³-hybridized carbons (Fsp3) is 0.600. The number of rotatable bonds is 8. The SMILES string of the molecule is CCCNC(=O)CN1CCN(C(C)C(=O)Nc2cc(C)ccc2OC)CC1. The van der Waals surface area contributed by atoms with Crippen molar-refractivity contribution in [1.82, 2.24) is 15.1 Å². The molecule has 7 heteroatoms. The zero-order chi connectivity index (χ0) is 19.8. The van der Waals surface area contributed by atoms with Crippen molar-refractivity contribution >= 4 is 17.5 Å². The lowest BCUT2D eigenvalue weighted by molar-refractivity contribution is -0.124. The summed E-state index contributed by atoms with van der Waals surface area (Å²) in [6.45, 7) is 10.2. The maximum atomic E-state index is 12.7. The van der Waals surface area contributed by atoms with Crippen molar-refractivity contribution in [1.29, 1.82) is 0 Å². The van der Waals surface area contributed by atoms with Gasteiger partial charge < -0.3 is 15.4 Å². The monoisotopic (exact) mass is 376 g/mol. The summed E-state index contributed by atoms with van der Waals surface area (Å²) in [5.41, 5.74) is 1.76. The van der Waals surface area contributed by atoms with Crippen LogP contribution in [0.3, 0.4) is 0 Å². The number of carbonyl (C=O) groups excluding carboxylic acids is 2. The Hall–Kier alpha value is -2.12. The van der Waals surface area contributed by atoms with Crippen LogP contribution in [0, 0.1) is 6.92 Å². The number of piperazine rings is 1. The van der Waals surface area contributed by atoms with Gasteiger partial charge in [-0.25, -0.2) is 0 Å². The smallest absolute Gasteiger partial charge is 0.241 e. The number of nitrogens with zero attached hydrogens (tertiary/aromatic N) is 2. The minimum atomic E-state index is -0.244. The molecule has 1 fully saturated rings. The van der Waals surface area contributed by atoms with Crippen LogP contribution in [-0.4, -0.2) is 74.0 Å². The molecule has 0 aromatic heterocycles. The van der Waals surface area contributed by atoms with Gasteiger partial charge in [-0.1, -0.05) is 13.0 Å². The Morgan fingerprint density at radius 3 is 2.56 bits per heavy atom. The first kappa shape index (κ1) is 21.2. The van der Waals surface area contributed by atoms with Gasteiger partial charge in [0.2, 0.25) is 11.8 Å². The lowest BCUT2D eigenvalue weighted by Gasteiger charge is -2.37. The Morgan fingerprint density at radius 1 is 1.22 bits per heavy atom. The molecule has 1 heterocycles. The van der Waals surface area contributed by atoms with E-state index in [1.807, 2.05) is 39.0 Å². The Labute approximate surface area is 162 Å². The predicted molar refractivity (Wildman–Crippen MR) is 107 cm³/mol. The van der Waals surface area contributed by atoms with Crippen molar-refractivity contribution in [2.24, 2.45) is 0 Å². The predicted octanol–water partition coefficient (Wildman–Crippen LogP) is 1.47. The average molecular weight is 377 g/mol. The van der Waals surface area contributed by atoms with E-state index in [1.165, 1.54) is 0 Å². The highest BCUT2D eigenvalue weighted by atomic mass is 16.5. The van der Waals surface area contributed by atoms with Crippen molar-refractivity contribution in [3.8, 4) is 5.75 Å². The molecule has 1 aliphatic heterocycles. The number of amides is 2. The molecule has 1 atom stereocenters. The topological polar surface area (TPSA) is 73.9 Å². The van der Waals surface area contributed by atoms with Gasteiger partial charge in [-0.15, -0.1) is 0 Å². The molecule has 150 valence electrons. The number of methoxy groups -OCH3 is 1. The van der Waals surface area contributed by atoms with Crippen LogP contribution in [0.4, 0.5) is 5.69 Å². The molecule has 0 saturated carbocycles. The number of hydrogen-bond acceptors (Lipinski definition) is 5. The molecular formula is C20H32N4O3. The van der Waals surface area contributed by atoms with E-state index in [0.717, 1.165) is 44.7 Å². The van der Waals surface area contributed by atoms with Gasteiger partial charge >= 0.3 is 0 Å². The summed E-state index contributed by atoms with van der Waals surface area (Å²) in [5.74, 6) is 0.680. The minimum absolute atomic E-state index is 0.0481. The third kappa shape index (κ3) is 6.22. The molecule has 0 spiro atoms. The molecule has 7 nitrogen and oxygen atoms in total. The molecular weight excluding hydrogens is 344 g/mol. The second-order valence-electron chi connectivity index (χ2n) is 7.03. The highest BCUT2D eigenvalue weighted by Gasteiger charge is 2.26. The van der Waals surface area contributed by atoms with E-state index in [1.54, 1.807) is 7.11 Å². The summed E-state index contributed by atoms with van der Waals surface area (Å²) in [6.07, 6.45) is 0.942. The Balaban J connectivity index is 1.84. The third-order valence-corrected chi connectivity index (χ3v) is 4.89. The largest absolute Gasteiger partial charge is 0.495 e. The van der Waals surface area contributed by atoms with E-state index < -0.39 is 0 Å². The Kier molecular flexibility index (Phi) is 8.06. The molecule has 1 aromatic carbocycles. The van der Waals surface area contributed by atoms with Crippen molar-refractivity contribution in [3.63, 3.8) is 0 Å². The van der Waals surface area contributed by atoms with Gasteiger partial charge in [-0.2, -0.15) is 0 Å². The lowest BCUT2D eigenvalue weighted by atomic mass is 10.1. The van der Waals surface area contributed by atoms with E-state index in [4.69, 9.17) is 4.74 Å². The van der Waals surface area contributed by atoms with Gasteiger partial charge in [0.25, 0.3) is 0 Å². The molecule has 1 saturated heterocycles.